The van der Waals surface area contributed by atoms with E-state index >= 15 is 0 Å². The lowest BCUT2D eigenvalue weighted by Gasteiger charge is -2.30. The minimum absolute atomic E-state index is 0.00133. The minimum Gasteiger partial charge on any atom is -0.489 e. The highest BCUT2D eigenvalue weighted by atomic mass is 16.5. The third kappa shape index (κ3) is 4.53. The van der Waals surface area contributed by atoms with E-state index in [0.717, 1.165) is 25.1 Å². The number of hydrogen-bond acceptors (Lipinski definition) is 3. The number of fused-ring (bicyclic) bond motifs is 1. The molecule has 0 aliphatic carbocycles. The van der Waals surface area contributed by atoms with Gasteiger partial charge in [0.05, 0.1) is 11.8 Å². The van der Waals surface area contributed by atoms with Crippen LogP contribution in [0.5, 0.6) is 5.75 Å². The van der Waals surface area contributed by atoms with Crippen molar-refractivity contribution in [1.82, 2.24) is 0 Å². The van der Waals surface area contributed by atoms with Crippen molar-refractivity contribution in [2.45, 2.75) is 46.1 Å². The molecule has 0 N–H and O–H groups in total. The van der Waals surface area contributed by atoms with Crippen molar-refractivity contribution in [2.24, 2.45) is 0 Å². The van der Waals surface area contributed by atoms with E-state index in [4.69, 9.17) is 4.74 Å². The molecular weight excluding hydrogens is 352 g/mol. The smallest absolute Gasteiger partial charge is 0.228 e. The zero-order valence-electron chi connectivity index (χ0n) is 16.9. The van der Waals surface area contributed by atoms with E-state index < -0.39 is 0 Å². The predicted molar refractivity (Wildman–Crippen MR) is 112 cm³/mol. The first-order valence-corrected chi connectivity index (χ1v) is 9.89. The number of hydrogen-bond donors (Lipinski definition) is 0. The van der Waals surface area contributed by atoms with Gasteiger partial charge in [0.15, 0.2) is 0 Å². The first-order chi connectivity index (χ1) is 13.5. The van der Waals surface area contributed by atoms with Crippen LogP contribution in [-0.4, -0.2) is 31.0 Å². The summed E-state index contributed by atoms with van der Waals surface area (Å²) in [5, 5.41) is 0. The molecule has 148 valence electrons. The first kappa shape index (κ1) is 19.9. The van der Waals surface area contributed by atoms with Gasteiger partial charge in [-0.3, -0.25) is 9.59 Å². The van der Waals surface area contributed by atoms with Crippen LogP contribution in [0.2, 0.25) is 0 Å². The van der Waals surface area contributed by atoms with Crippen molar-refractivity contribution in [3.8, 4) is 5.75 Å². The Morgan fingerprint density at radius 2 is 1.82 bits per heavy atom. The molecule has 2 aromatic carbocycles. The molecule has 3 rings (SSSR count). The second kappa shape index (κ2) is 8.91. The predicted octanol–water partition coefficient (Wildman–Crippen LogP) is 4.20. The zero-order chi connectivity index (χ0) is 20.1. The van der Waals surface area contributed by atoms with Gasteiger partial charge in [-0.25, -0.2) is 0 Å². The van der Waals surface area contributed by atoms with E-state index in [0.29, 0.717) is 18.0 Å². The van der Waals surface area contributed by atoms with Crippen molar-refractivity contribution < 1.29 is 14.3 Å². The van der Waals surface area contributed by atoms with E-state index in [1.54, 1.807) is 4.90 Å². The zero-order valence-corrected chi connectivity index (χ0v) is 16.9. The highest BCUT2D eigenvalue weighted by molar-refractivity contribution is 5.97. The quantitative estimate of drug-likeness (QED) is 0.755. The van der Waals surface area contributed by atoms with E-state index in [9.17, 15) is 9.59 Å². The van der Waals surface area contributed by atoms with Gasteiger partial charge in [0, 0.05) is 32.1 Å². The number of para-hydroxylation sites is 3. The van der Waals surface area contributed by atoms with Crippen molar-refractivity contribution >= 4 is 23.2 Å². The lowest BCUT2D eigenvalue weighted by atomic mass is 10.0. The van der Waals surface area contributed by atoms with E-state index in [1.807, 2.05) is 61.2 Å². The van der Waals surface area contributed by atoms with Crippen LogP contribution in [0.1, 0.15) is 39.2 Å². The van der Waals surface area contributed by atoms with Gasteiger partial charge < -0.3 is 14.5 Å². The molecule has 0 unspecified atom stereocenters. The molecule has 0 atom stereocenters. The molecule has 5 nitrogen and oxygen atoms in total. The summed E-state index contributed by atoms with van der Waals surface area (Å²) in [6, 6.07) is 15.5. The standard InChI is InChI=1S/C23H28N2O3/c1-17(2)28-22-13-7-6-12-21(22)24(18(3)26)16-14-23(27)25-15-8-10-19-9-4-5-11-20(19)25/h4-7,9,11-13,17H,8,10,14-16H2,1-3H3. The molecule has 1 aliphatic rings. The normalized spacial score (nSPS) is 13.2. The Bertz CT molecular complexity index is 847. The van der Waals surface area contributed by atoms with E-state index in [-0.39, 0.29) is 24.3 Å². The number of rotatable bonds is 6. The molecule has 28 heavy (non-hydrogen) atoms. The van der Waals surface area contributed by atoms with Gasteiger partial charge in [-0.2, -0.15) is 0 Å². The van der Waals surface area contributed by atoms with Gasteiger partial charge in [-0.05, 0) is 50.5 Å². The third-order valence-electron chi connectivity index (χ3n) is 4.86. The highest BCUT2D eigenvalue weighted by Gasteiger charge is 2.24. The second-order valence-corrected chi connectivity index (χ2v) is 7.33. The monoisotopic (exact) mass is 380 g/mol. The van der Waals surface area contributed by atoms with Gasteiger partial charge in [0.1, 0.15) is 5.75 Å². The molecular formula is C23H28N2O3. The summed E-state index contributed by atoms with van der Waals surface area (Å²) in [5.41, 5.74) is 2.91. The van der Waals surface area contributed by atoms with Crippen molar-refractivity contribution in [3.05, 3.63) is 54.1 Å². The van der Waals surface area contributed by atoms with Gasteiger partial charge in [0.2, 0.25) is 11.8 Å². The summed E-state index contributed by atoms with van der Waals surface area (Å²) >= 11 is 0. The van der Waals surface area contributed by atoms with Gasteiger partial charge in [-0.15, -0.1) is 0 Å². The van der Waals surface area contributed by atoms with Crippen LogP contribution in [0.25, 0.3) is 0 Å². The fraction of sp³-hybridized carbons (Fsp3) is 0.391. The fourth-order valence-electron chi connectivity index (χ4n) is 3.62. The number of aryl methyl sites for hydroxylation is 1. The van der Waals surface area contributed by atoms with Crippen molar-refractivity contribution in [2.75, 3.05) is 22.9 Å². The molecule has 0 bridgehead atoms. The van der Waals surface area contributed by atoms with E-state index in [2.05, 4.69) is 6.07 Å². The topological polar surface area (TPSA) is 49.9 Å². The lowest BCUT2D eigenvalue weighted by Crippen LogP contribution is -2.39. The summed E-state index contributed by atoms with van der Waals surface area (Å²) in [5.74, 6) is 0.593. The van der Waals surface area contributed by atoms with Crippen LogP contribution >= 0.6 is 0 Å². The fourth-order valence-corrected chi connectivity index (χ4v) is 3.62. The SMILES string of the molecule is CC(=O)N(CCC(=O)N1CCCc2ccccc21)c1ccccc1OC(C)C. The summed E-state index contributed by atoms with van der Waals surface area (Å²) in [4.78, 5) is 28.7. The van der Waals surface area contributed by atoms with E-state index in [1.165, 1.54) is 12.5 Å². The molecule has 0 saturated carbocycles. The highest BCUT2D eigenvalue weighted by Crippen LogP contribution is 2.30. The number of anilines is 2. The second-order valence-electron chi connectivity index (χ2n) is 7.33. The van der Waals surface area contributed by atoms with Crippen LogP contribution in [0, 0.1) is 0 Å². The lowest BCUT2D eigenvalue weighted by molar-refractivity contribution is -0.118. The first-order valence-electron chi connectivity index (χ1n) is 9.89. The summed E-state index contributed by atoms with van der Waals surface area (Å²) in [6.07, 6.45) is 2.23. The molecule has 2 aromatic rings. The number of nitrogens with zero attached hydrogens (tertiary/aromatic N) is 2. The number of benzene rings is 2. The summed E-state index contributed by atoms with van der Waals surface area (Å²) < 4.78 is 5.86. The van der Waals surface area contributed by atoms with Crippen LogP contribution in [0.3, 0.4) is 0 Å². The van der Waals surface area contributed by atoms with Crippen molar-refractivity contribution in [3.63, 3.8) is 0 Å². The van der Waals surface area contributed by atoms with Crippen molar-refractivity contribution in [1.29, 1.82) is 0 Å². The van der Waals surface area contributed by atoms with Crippen LogP contribution in [-0.2, 0) is 16.0 Å². The number of carbonyl (C=O) groups excluding carboxylic acids is 2. The minimum atomic E-state index is -0.105. The number of amides is 2. The molecule has 1 aliphatic heterocycles. The maximum Gasteiger partial charge on any atom is 0.228 e. The molecule has 0 spiro atoms. The number of carbonyl (C=O) groups is 2. The molecule has 2 amide bonds. The Kier molecular flexibility index (Phi) is 6.34. The Morgan fingerprint density at radius 3 is 2.57 bits per heavy atom. The molecule has 0 aromatic heterocycles. The summed E-state index contributed by atoms with van der Waals surface area (Å²) in [7, 11) is 0. The average molecular weight is 380 g/mol. The Balaban J connectivity index is 1.75. The Labute approximate surface area is 166 Å². The van der Waals surface area contributed by atoms with Gasteiger partial charge in [-0.1, -0.05) is 30.3 Å². The van der Waals surface area contributed by atoms with Crippen LogP contribution < -0.4 is 14.5 Å². The largest absolute Gasteiger partial charge is 0.489 e. The van der Waals surface area contributed by atoms with Gasteiger partial charge in [0.25, 0.3) is 0 Å². The molecule has 0 fully saturated rings. The maximum absolute atomic E-state index is 12.9. The molecule has 0 radical (unpaired) electrons. The Morgan fingerprint density at radius 1 is 1.11 bits per heavy atom. The third-order valence-corrected chi connectivity index (χ3v) is 4.86. The average Bonchev–Trinajstić information content (AvgIpc) is 2.68. The Hall–Kier alpha value is -2.82. The maximum atomic E-state index is 12.9. The van der Waals surface area contributed by atoms with Crippen LogP contribution in [0.4, 0.5) is 11.4 Å². The van der Waals surface area contributed by atoms with Gasteiger partial charge >= 0.3 is 0 Å². The van der Waals surface area contributed by atoms with Crippen LogP contribution in [0.15, 0.2) is 48.5 Å². The summed E-state index contributed by atoms with van der Waals surface area (Å²) in [6.45, 7) is 6.47. The number of ether oxygens (including phenoxy) is 1. The molecule has 5 heteroatoms. The molecule has 0 saturated heterocycles. The molecule has 1 heterocycles.